The maximum Gasteiger partial charge on any atom is 0.124 e. The second-order valence-electron chi connectivity index (χ2n) is 9.97. The van der Waals surface area contributed by atoms with Crippen LogP contribution < -0.4 is 30.7 Å². The van der Waals surface area contributed by atoms with E-state index < -0.39 is 15.8 Å². The average Bonchev–Trinajstić information content (AvgIpc) is 2.93. The predicted octanol–water partition coefficient (Wildman–Crippen LogP) is 7.12. The topological polar surface area (TPSA) is 18.5 Å². The summed E-state index contributed by atoms with van der Waals surface area (Å²) in [5.74, 6) is 2.03. The fourth-order valence-corrected chi connectivity index (χ4v) is 11.5. The van der Waals surface area contributed by atoms with Crippen LogP contribution in [0.5, 0.6) is 11.5 Å². The lowest BCUT2D eigenvalue weighted by atomic mass is 10.1. The Labute approximate surface area is 231 Å². The minimum absolute atomic E-state index is 0.533. The first-order valence-corrected chi connectivity index (χ1v) is 16.3. The molecule has 198 valence electrons. The average molecular weight is 543 g/mol. The zero-order valence-electron chi connectivity index (χ0n) is 24.1. The Balaban J connectivity index is 1.81. The van der Waals surface area contributed by atoms with Gasteiger partial charge in [-0.2, -0.15) is 0 Å². The van der Waals surface area contributed by atoms with E-state index in [1.165, 1.54) is 54.6 Å². The molecule has 4 aromatic rings. The van der Waals surface area contributed by atoms with E-state index in [0.717, 1.165) is 23.8 Å². The number of ether oxygens (including phenoxy) is 2. The molecule has 0 radical (unpaired) electrons. The lowest BCUT2D eigenvalue weighted by Gasteiger charge is -2.28. The molecule has 4 rings (SSSR count). The molecule has 0 aromatic heterocycles. The van der Waals surface area contributed by atoms with Gasteiger partial charge in [-0.05, 0) is 136 Å². The van der Waals surface area contributed by atoms with Crippen molar-refractivity contribution >= 4 is 37.1 Å². The van der Waals surface area contributed by atoms with Gasteiger partial charge in [0.1, 0.15) is 11.5 Å². The Hall–Kier alpha value is -2.66. The molecule has 0 aliphatic rings. The Bertz CT molecular complexity index is 1290. The molecule has 0 amide bonds. The summed E-state index contributed by atoms with van der Waals surface area (Å²) < 4.78 is 11.5. The number of aryl methyl sites for hydroxylation is 2. The van der Waals surface area contributed by atoms with E-state index >= 15 is 0 Å². The van der Waals surface area contributed by atoms with Gasteiger partial charge in [-0.3, -0.25) is 0 Å². The quantitative estimate of drug-likeness (QED) is 0.210. The molecule has 0 aliphatic heterocycles. The predicted molar refractivity (Wildman–Crippen MR) is 169 cm³/mol. The third-order valence-electron chi connectivity index (χ3n) is 7.67. The van der Waals surface area contributed by atoms with Crippen molar-refractivity contribution in [2.24, 2.45) is 0 Å². The summed E-state index contributed by atoms with van der Waals surface area (Å²) in [6.07, 6.45) is 2.27. The fourth-order valence-electron chi connectivity index (χ4n) is 5.46. The van der Waals surface area contributed by atoms with Gasteiger partial charge < -0.3 is 9.47 Å². The van der Waals surface area contributed by atoms with Crippen LogP contribution in [0, 0.1) is 41.5 Å². The van der Waals surface area contributed by atoms with E-state index in [9.17, 15) is 0 Å². The van der Waals surface area contributed by atoms with Crippen LogP contribution in [0.2, 0.25) is 0 Å². The second-order valence-corrected chi connectivity index (χ2v) is 14.6. The molecule has 0 N–H and O–H groups in total. The summed E-state index contributed by atoms with van der Waals surface area (Å²) in [7, 11) is 2.49. The fraction of sp³-hybridized carbons (Fsp3) is 0.294. The van der Waals surface area contributed by atoms with Crippen molar-refractivity contribution in [3.63, 3.8) is 0 Å². The lowest BCUT2D eigenvalue weighted by Crippen LogP contribution is -2.23. The van der Waals surface area contributed by atoms with Crippen molar-refractivity contribution in [2.45, 2.75) is 41.5 Å². The standard InChI is InChI=1S/C34H40O2P2/c1-23-21-31(25(3)27(5)33(23)35-7)37(29-15-11-9-12-16-29)19-20-38(30-17-13-10-14-18-30)32-22-24(2)34(36-8)28(6)26(32)4/h9-18,21-22H,19-20H2,1-8H3/t37-,38?/m0/s1. The van der Waals surface area contributed by atoms with Gasteiger partial charge in [-0.1, -0.05) is 60.7 Å². The van der Waals surface area contributed by atoms with Crippen LogP contribution in [-0.4, -0.2) is 26.5 Å². The molecule has 0 fully saturated rings. The molecule has 0 heterocycles. The smallest absolute Gasteiger partial charge is 0.124 e. The summed E-state index contributed by atoms with van der Waals surface area (Å²) in [5, 5.41) is 5.83. The molecule has 0 aliphatic carbocycles. The monoisotopic (exact) mass is 542 g/mol. The van der Waals surface area contributed by atoms with Crippen molar-refractivity contribution in [2.75, 3.05) is 26.5 Å². The van der Waals surface area contributed by atoms with Gasteiger partial charge in [0.15, 0.2) is 0 Å². The lowest BCUT2D eigenvalue weighted by molar-refractivity contribution is 0.408. The Morgan fingerprint density at radius 2 is 0.842 bits per heavy atom. The molecule has 0 bridgehead atoms. The van der Waals surface area contributed by atoms with Crippen molar-refractivity contribution in [1.82, 2.24) is 0 Å². The minimum atomic E-state index is -0.533. The maximum absolute atomic E-state index is 5.77. The summed E-state index contributed by atoms with van der Waals surface area (Å²) in [6, 6.07) is 27.0. The maximum atomic E-state index is 5.77. The number of hydrogen-bond acceptors (Lipinski definition) is 2. The van der Waals surface area contributed by atoms with E-state index in [0.29, 0.717) is 0 Å². The van der Waals surface area contributed by atoms with Crippen LogP contribution in [0.1, 0.15) is 33.4 Å². The van der Waals surface area contributed by atoms with Crippen molar-refractivity contribution in [3.05, 3.63) is 106 Å². The molecule has 0 spiro atoms. The second kappa shape index (κ2) is 12.5. The zero-order chi connectivity index (χ0) is 27.4. The van der Waals surface area contributed by atoms with Gasteiger partial charge in [0.25, 0.3) is 0 Å². The summed E-state index contributed by atoms with van der Waals surface area (Å²) in [5.41, 5.74) is 7.67. The Kier molecular flexibility index (Phi) is 9.30. The van der Waals surface area contributed by atoms with Gasteiger partial charge in [0, 0.05) is 0 Å². The van der Waals surface area contributed by atoms with Crippen molar-refractivity contribution in [3.8, 4) is 11.5 Å². The number of rotatable bonds is 9. The summed E-state index contributed by atoms with van der Waals surface area (Å²) >= 11 is 0. The Morgan fingerprint density at radius 3 is 1.16 bits per heavy atom. The molecule has 2 atom stereocenters. The minimum Gasteiger partial charge on any atom is -0.496 e. The van der Waals surface area contributed by atoms with E-state index in [4.69, 9.17) is 9.47 Å². The largest absolute Gasteiger partial charge is 0.496 e. The Morgan fingerprint density at radius 1 is 0.500 bits per heavy atom. The van der Waals surface area contributed by atoms with Crippen LogP contribution in [0.25, 0.3) is 0 Å². The highest BCUT2D eigenvalue weighted by Gasteiger charge is 2.25. The molecule has 2 nitrogen and oxygen atoms in total. The van der Waals surface area contributed by atoms with E-state index in [2.05, 4.69) is 114 Å². The third kappa shape index (κ3) is 5.68. The van der Waals surface area contributed by atoms with Crippen molar-refractivity contribution in [1.29, 1.82) is 0 Å². The van der Waals surface area contributed by atoms with Gasteiger partial charge in [0.05, 0.1) is 14.2 Å². The van der Waals surface area contributed by atoms with Gasteiger partial charge in [-0.25, -0.2) is 0 Å². The molecule has 0 saturated heterocycles. The molecule has 4 aromatic carbocycles. The first-order chi connectivity index (χ1) is 18.3. The first kappa shape index (κ1) is 28.4. The molecule has 38 heavy (non-hydrogen) atoms. The van der Waals surface area contributed by atoms with Crippen LogP contribution in [0.15, 0.2) is 72.8 Å². The molecule has 0 saturated carbocycles. The van der Waals surface area contributed by atoms with Crippen LogP contribution in [0.4, 0.5) is 0 Å². The molecular formula is C34H40O2P2. The van der Waals surface area contributed by atoms with Gasteiger partial charge in [0.2, 0.25) is 0 Å². The zero-order valence-corrected chi connectivity index (χ0v) is 25.8. The summed E-state index contributed by atoms with van der Waals surface area (Å²) in [4.78, 5) is 0. The highest BCUT2D eigenvalue weighted by molar-refractivity contribution is 7.76. The third-order valence-corrected chi connectivity index (χ3v) is 13.3. The molecule has 4 heteroatoms. The normalized spacial score (nSPS) is 12.7. The van der Waals surface area contributed by atoms with Gasteiger partial charge >= 0.3 is 0 Å². The van der Waals surface area contributed by atoms with Crippen LogP contribution in [0.3, 0.4) is 0 Å². The van der Waals surface area contributed by atoms with Crippen LogP contribution >= 0.6 is 15.8 Å². The van der Waals surface area contributed by atoms with E-state index in [-0.39, 0.29) is 0 Å². The highest BCUT2D eigenvalue weighted by Crippen LogP contribution is 2.44. The first-order valence-electron chi connectivity index (χ1n) is 13.2. The summed E-state index contributed by atoms with van der Waals surface area (Å²) in [6.45, 7) is 13.3. The molecular weight excluding hydrogens is 502 g/mol. The number of methoxy groups -OCH3 is 2. The van der Waals surface area contributed by atoms with Crippen molar-refractivity contribution < 1.29 is 9.47 Å². The van der Waals surface area contributed by atoms with E-state index in [1.54, 1.807) is 14.2 Å². The van der Waals surface area contributed by atoms with Gasteiger partial charge in [-0.15, -0.1) is 0 Å². The van der Waals surface area contributed by atoms with E-state index in [1.807, 2.05) is 0 Å². The number of hydrogen-bond donors (Lipinski definition) is 0. The SMILES string of the molecule is COc1c(C)cc(P(CC[P@@](c2ccccc2)c2cc(C)c(OC)c(C)c2C)c2ccccc2)c(C)c1C. The highest BCUT2D eigenvalue weighted by atomic mass is 31.1. The molecule has 1 unspecified atom stereocenters. The van der Waals surface area contributed by atoms with Crippen LogP contribution in [-0.2, 0) is 0 Å². The number of benzene rings is 4.